The predicted octanol–water partition coefficient (Wildman–Crippen LogP) is 1.20. The van der Waals surface area contributed by atoms with E-state index in [1.54, 1.807) is 0 Å². The van der Waals surface area contributed by atoms with Gasteiger partial charge < -0.3 is 15.0 Å². The number of hydrogen-bond donors (Lipinski definition) is 2. The van der Waals surface area contributed by atoms with Crippen LogP contribution in [0.15, 0.2) is 12.4 Å². The second kappa shape index (κ2) is 7.41. The highest BCUT2D eigenvalue weighted by molar-refractivity contribution is 4.91. The Labute approximate surface area is 97.7 Å². The van der Waals surface area contributed by atoms with Gasteiger partial charge in [0.25, 0.3) is 0 Å². The van der Waals surface area contributed by atoms with E-state index in [0.29, 0.717) is 0 Å². The molecule has 0 spiro atoms. The van der Waals surface area contributed by atoms with Gasteiger partial charge in [0, 0.05) is 31.4 Å². The number of aliphatic hydroxyl groups is 1. The molecule has 0 aliphatic heterocycles. The zero-order valence-electron chi connectivity index (χ0n) is 10.3. The van der Waals surface area contributed by atoms with Crippen molar-refractivity contribution < 1.29 is 5.11 Å². The van der Waals surface area contributed by atoms with E-state index in [0.717, 1.165) is 38.2 Å². The molecule has 2 N–H and O–H groups in total. The van der Waals surface area contributed by atoms with E-state index < -0.39 is 0 Å². The molecule has 0 fully saturated rings. The Bertz CT molecular complexity index is 286. The molecule has 4 heteroatoms. The largest absolute Gasteiger partial charge is 0.395 e. The van der Waals surface area contributed by atoms with Gasteiger partial charge in [-0.15, -0.1) is 0 Å². The van der Waals surface area contributed by atoms with Crippen LogP contribution in [-0.2, 0) is 13.0 Å². The molecule has 1 heterocycles. The first-order valence-electron chi connectivity index (χ1n) is 6.16. The maximum atomic E-state index is 9.22. The third-order valence-corrected chi connectivity index (χ3v) is 2.74. The molecule has 0 amide bonds. The van der Waals surface area contributed by atoms with Crippen LogP contribution in [0.3, 0.4) is 0 Å². The molecule has 0 aromatic carbocycles. The molecule has 1 aromatic heterocycles. The molecule has 1 aromatic rings. The Hall–Kier alpha value is -0.870. The maximum absolute atomic E-state index is 9.22. The lowest BCUT2D eigenvalue weighted by molar-refractivity contribution is 0.231. The van der Waals surface area contributed by atoms with Gasteiger partial charge in [-0.3, -0.25) is 0 Å². The highest BCUT2D eigenvalue weighted by Crippen LogP contribution is 2.02. The van der Waals surface area contributed by atoms with Crippen LogP contribution >= 0.6 is 0 Å². The van der Waals surface area contributed by atoms with Crippen LogP contribution < -0.4 is 5.32 Å². The molecular formula is C12H23N3O. The van der Waals surface area contributed by atoms with Crippen LogP contribution in [0.25, 0.3) is 0 Å². The van der Waals surface area contributed by atoms with Crippen LogP contribution in [0.5, 0.6) is 0 Å². The third kappa shape index (κ3) is 3.94. The van der Waals surface area contributed by atoms with Gasteiger partial charge in [-0.1, -0.05) is 13.8 Å². The molecule has 1 unspecified atom stereocenters. The average molecular weight is 225 g/mol. The Morgan fingerprint density at radius 3 is 2.94 bits per heavy atom. The van der Waals surface area contributed by atoms with E-state index in [2.05, 4.69) is 28.7 Å². The quantitative estimate of drug-likeness (QED) is 0.699. The highest BCUT2D eigenvalue weighted by atomic mass is 16.3. The minimum absolute atomic E-state index is 0.201. The van der Waals surface area contributed by atoms with Gasteiger partial charge in [0.05, 0.1) is 6.61 Å². The molecule has 0 saturated heterocycles. The summed E-state index contributed by atoms with van der Waals surface area (Å²) in [6.07, 6.45) is 6.85. The summed E-state index contributed by atoms with van der Waals surface area (Å²) >= 11 is 0. The molecule has 1 atom stereocenters. The Kier molecular flexibility index (Phi) is 6.11. The highest BCUT2D eigenvalue weighted by Gasteiger charge is 2.07. The zero-order valence-corrected chi connectivity index (χ0v) is 10.3. The van der Waals surface area contributed by atoms with Crippen LogP contribution in [0.2, 0.25) is 0 Å². The molecule has 0 aliphatic carbocycles. The van der Waals surface area contributed by atoms with Crippen molar-refractivity contribution in [3.05, 3.63) is 18.2 Å². The fourth-order valence-electron chi connectivity index (χ4n) is 1.76. The zero-order chi connectivity index (χ0) is 11.8. The maximum Gasteiger partial charge on any atom is 0.108 e. The van der Waals surface area contributed by atoms with Crippen molar-refractivity contribution in [2.75, 3.05) is 13.2 Å². The fourth-order valence-corrected chi connectivity index (χ4v) is 1.76. The molecular weight excluding hydrogens is 202 g/mol. The van der Waals surface area contributed by atoms with Crippen LogP contribution in [-0.4, -0.2) is 33.9 Å². The number of imidazole rings is 1. The first kappa shape index (κ1) is 13.2. The fraction of sp³-hybridized carbons (Fsp3) is 0.750. The van der Waals surface area contributed by atoms with E-state index >= 15 is 0 Å². The summed E-state index contributed by atoms with van der Waals surface area (Å²) in [5, 5.41) is 12.6. The SMILES string of the molecule is CCCNC(CO)CCn1ccnc1CC. The summed E-state index contributed by atoms with van der Waals surface area (Å²) in [6.45, 7) is 6.33. The second-order valence-electron chi connectivity index (χ2n) is 4.01. The number of aromatic nitrogens is 2. The second-order valence-corrected chi connectivity index (χ2v) is 4.01. The van der Waals surface area contributed by atoms with Gasteiger partial charge in [0.15, 0.2) is 0 Å². The lowest BCUT2D eigenvalue weighted by Crippen LogP contribution is -2.34. The smallest absolute Gasteiger partial charge is 0.108 e. The monoisotopic (exact) mass is 225 g/mol. The van der Waals surface area contributed by atoms with Crippen molar-refractivity contribution in [3.63, 3.8) is 0 Å². The summed E-state index contributed by atoms with van der Waals surface area (Å²) in [6, 6.07) is 0.201. The van der Waals surface area contributed by atoms with Gasteiger partial charge in [-0.05, 0) is 19.4 Å². The van der Waals surface area contributed by atoms with Crippen LogP contribution in [0.4, 0.5) is 0 Å². The number of nitrogens with one attached hydrogen (secondary N) is 1. The third-order valence-electron chi connectivity index (χ3n) is 2.74. The molecule has 16 heavy (non-hydrogen) atoms. The lowest BCUT2D eigenvalue weighted by atomic mass is 10.2. The number of rotatable bonds is 8. The molecule has 0 saturated carbocycles. The Morgan fingerprint density at radius 1 is 1.50 bits per heavy atom. The molecule has 0 radical (unpaired) electrons. The lowest BCUT2D eigenvalue weighted by Gasteiger charge is -2.16. The van der Waals surface area contributed by atoms with Crippen molar-refractivity contribution in [3.8, 4) is 0 Å². The predicted molar refractivity (Wildman–Crippen MR) is 65.4 cm³/mol. The topological polar surface area (TPSA) is 50.1 Å². The first-order valence-corrected chi connectivity index (χ1v) is 6.16. The minimum Gasteiger partial charge on any atom is -0.395 e. The van der Waals surface area contributed by atoms with Crippen LogP contribution in [0, 0.1) is 0 Å². The number of hydrogen-bond acceptors (Lipinski definition) is 3. The summed E-state index contributed by atoms with van der Waals surface area (Å²) < 4.78 is 2.16. The summed E-state index contributed by atoms with van der Waals surface area (Å²) in [5.74, 6) is 1.12. The average Bonchev–Trinajstić information content (AvgIpc) is 2.77. The summed E-state index contributed by atoms with van der Waals surface area (Å²) in [5.41, 5.74) is 0. The molecule has 0 aliphatic rings. The molecule has 1 rings (SSSR count). The van der Waals surface area contributed by atoms with Crippen molar-refractivity contribution in [1.29, 1.82) is 0 Å². The van der Waals surface area contributed by atoms with Crippen LogP contribution in [0.1, 0.15) is 32.5 Å². The number of aryl methyl sites for hydroxylation is 2. The van der Waals surface area contributed by atoms with E-state index in [-0.39, 0.29) is 12.6 Å². The first-order chi connectivity index (χ1) is 7.81. The van der Waals surface area contributed by atoms with Gasteiger partial charge in [-0.2, -0.15) is 0 Å². The number of aliphatic hydroxyl groups excluding tert-OH is 1. The molecule has 92 valence electrons. The standard InChI is InChI=1S/C12H23N3O/c1-3-6-13-11(10-16)5-8-15-9-7-14-12(15)4-2/h7,9,11,13,16H,3-6,8,10H2,1-2H3. The summed E-state index contributed by atoms with van der Waals surface area (Å²) in [7, 11) is 0. The van der Waals surface area contributed by atoms with E-state index in [1.165, 1.54) is 0 Å². The number of nitrogens with zero attached hydrogens (tertiary/aromatic N) is 2. The van der Waals surface area contributed by atoms with Crippen molar-refractivity contribution in [1.82, 2.24) is 14.9 Å². The van der Waals surface area contributed by atoms with E-state index in [1.807, 2.05) is 12.4 Å². The van der Waals surface area contributed by atoms with Crippen molar-refractivity contribution in [2.45, 2.75) is 45.7 Å². The van der Waals surface area contributed by atoms with Gasteiger partial charge in [0.1, 0.15) is 5.82 Å². The normalized spacial score (nSPS) is 12.9. The van der Waals surface area contributed by atoms with Gasteiger partial charge >= 0.3 is 0 Å². The molecule has 4 nitrogen and oxygen atoms in total. The Balaban J connectivity index is 2.36. The van der Waals surface area contributed by atoms with Gasteiger partial charge in [-0.25, -0.2) is 4.98 Å². The van der Waals surface area contributed by atoms with Gasteiger partial charge in [0.2, 0.25) is 0 Å². The molecule has 0 bridgehead atoms. The van der Waals surface area contributed by atoms with E-state index in [4.69, 9.17) is 0 Å². The van der Waals surface area contributed by atoms with Crippen molar-refractivity contribution in [2.24, 2.45) is 0 Å². The Morgan fingerprint density at radius 2 is 2.31 bits per heavy atom. The van der Waals surface area contributed by atoms with Crippen molar-refractivity contribution >= 4 is 0 Å². The summed E-state index contributed by atoms with van der Waals surface area (Å²) in [4.78, 5) is 4.28. The van der Waals surface area contributed by atoms with E-state index in [9.17, 15) is 5.11 Å². The minimum atomic E-state index is 0.201.